The third kappa shape index (κ3) is 3.40. The molecule has 5 nitrogen and oxygen atoms in total. The normalized spacial score (nSPS) is 17.0. The summed E-state index contributed by atoms with van der Waals surface area (Å²) in [6.07, 6.45) is 2.11. The first-order chi connectivity index (χ1) is 7.69. The average Bonchev–Trinajstić information content (AvgIpc) is 2.35. The lowest BCUT2D eigenvalue weighted by molar-refractivity contribution is -0.126. The molecule has 1 fully saturated rings. The van der Waals surface area contributed by atoms with Gasteiger partial charge in [-0.25, -0.2) is 4.79 Å². The molecule has 0 aromatic rings. The van der Waals surface area contributed by atoms with E-state index in [1.54, 1.807) is 4.90 Å². The molecule has 0 atom stereocenters. The third-order valence-corrected chi connectivity index (χ3v) is 2.85. The van der Waals surface area contributed by atoms with E-state index in [-0.39, 0.29) is 17.9 Å². The van der Waals surface area contributed by atoms with Crippen molar-refractivity contribution in [2.75, 3.05) is 26.7 Å². The van der Waals surface area contributed by atoms with E-state index in [2.05, 4.69) is 10.1 Å². The topological polar surface area (TPSA) is 58.6 Å². The Morgan fingerprint density at radius 1 is 1.38 bits per heavy atom. The van der Waals surface area contributed by atoms with Crippen LogP contribution in [0.2, 0.25) is 0 Å². The number of ether oxygens (including phenoxy) is 1. The van der Waals surface area contributed by atoms with E-state index in [0.717, 1.165) is 25.8 Å². The molecule has 5 heteroatoms. The molecule has 0 aromatic heterocycles. The van der Waals surface area contributed by atoms with Gasteiger partial charge in [-0.05, 0) is 19.3 Å². The molecule has 0 radical (unpaired) electrons. The standard InChI is InChI=1S/C11H20N2O3/c1-3-6-12-10(14)9-4-7-13(8-5-9)11(15)16-2/h9H,3-8H2,1-2H3,(H,12,14). The quantitative estimate of drug-likeness (QED) is 0.783. The summed E-state index contributed by atoms with van der Waals surface area (Å²) in [6.45, 7) is 3.98. The Morgan fingerprint density at radius 2 is 2.00 bits per heavy atom. The predicted molar refractivity (Wildman–Crippen MR) is 60.0 cm³/mol. The molecule has 2 amide bonds. The van der Waals surface area contributed by atoms with E-state index < -0.39 is 0 Å². The van der Waals surface area contributed by atoms with Gasteiger partial charge in [-0.2, -0.15) is 0 Å². The van der Waals surface area contributed by atoms with Crippen LogP contribution < -0.4 is 5.32 Å². The molecule has 1 heterocycles. The molecule has 0 aliphatic carbocycles. The van der Waals surface area contributed by atoms with Gasteiger partial charge in [0.1, 0.15) is 0 Å². The summed E-state index contributed by atoms with van der Waals surface area (Å²) >= 11 is 0. The first kappa shape index (κ1) is 12.8. The zero-order chi connectivity index (χ0) is 12.0. The number of rotatable bonds is 3. The van der Waals surface area contributed by atoms with E-state index in [9.17, 15) is 9.59 Å². The largest absolute Gasteiger partial charge is 0.453 e. The van der Waals surface area contributed by atoms with Gasteiger partial charge in [-0.1, -0.05) is 6.92 Å². The second-order valence-corrected chi connectivity index (χ2v) is 4.02. The van der Waals surface area contributed by atoms with Gasteiger partial charge in [0, 0.05) is 25.6 Å². The number of carbonyl (C=O) groups is 2. The molecule has 0 bridgehead atoms. The smallest absolute Gasteiger partial charge is 0.409 e. The van der Waals surface area contributed by atoms with Crippen LogP contribution in [-0.2, 0) is 9.53 Å². The number of hydrogen-bond donors (Lipinski definition) is 1. The van der Waals surface area contributed by atoms with Crippen molar-refractivity contribution < 1.29 is 14.3 Å². The Balaban J connectivity index is 2.31. The van der Waals surface area contributed by atoms with E-state index >= 15 is 0 Å². The summed E-state index contributed by atoms with van der Waals surface area (Å²) in [4.78, 5) is 24.5. The molecule has 0 aromatic carbocycles. The minimum Gasteiger partial charge on any atom is -0.453 e. The van der Waals surface area contributed by atoms with E-state index in [1.165, 1.54) is 7.11 Å². The molecule has 0 saturated carbocycles. The van der Waals surface area contributed by atoms with Gasteiger partial charge < -0.3 is 15.0 Å². The van der Waals surface area contributed by atoms with Gasteiger partial charge in [-0.15, -0.1) is 0 Å². The van der Waals surface area contributed by atoms with Gasteiger partial charge in [0.25, 0.3) is 0 Å². The SMILES string of the molecule is CCCNC(=O)C1CCN(C(=O)OC)CC1. The van der Waals surface area contributed by atoms with Crippen molar-refractivity contribution >= 4 is 12.0 Å². The predicted octanol–water partition coefficient (Wildman–Crippen LogP) is 0.991. The lowest BCUT2D eigenvalue weighted by atomic mass is 9.96. The molecular formula is C11H20N2O3. The zero-order valence-electron chi connectivity index (χ0n) is 9.99. The van der Waals surface area contributed by atoms with Crippen LogP contribution in [0.15, 0.2) is 0 Å². The molecule has 1 saturated heterocycles. The number of nitrogens with one attached hydrogen (secondary N) is 1. The first-order valence-electron chi connectivity index (χ1n) is 5.79. The second-order valence-electron chi connectivity index (χ2n) is 4.02. The Kier molecular flexibility index (Phi) is 5.08. The monoisotopic (exact) mass is 228 g/mol. The Hall–Kier alpha value is -1.26. The van der Waals surface area contributed by atoms with Crippen LogP contribution in [0.5, 0.6) is 0 Å². The van der Waals surface area contributed by atoms with Gasteiger partial charge in [0.05, 0.1) is 7.11 Å². The van der Waals surface area contributed by atoms with Crippen LogP contribution in [0.1, 0.15) is 26.2 Å². The highest BCUT2D eigenvalue weighted by Gasteiger charge is 2.27. The van der Waals surface area contributed by atoms with Crippen LogP contribution in [-0.4, -0.2) is 43.6 Å². The highest BCUT2D eigenvalue weighted by atomic mass is 16.5. The summed E-state index contributed by atoms with van der Waals surface area (Å²) < 4.78 is 4.64. The fraction of sp³-hybridized carbons (Fsp3) is 0.818. The average molecular weight is 228 g/mol. The number of likely N-dealkylation sites (tertiary alicyclic amines) is 1. The molecule has 0 unspecified atom stereocenters. The summed E-state index contributed by atoms with van der Waals surface area (Å²) in [5, 5.41) is 2.89. The minimum absolute atomic E-state index is 0.0486. The van der Waals surface area contributed by atoms with Gasteiger partial charge in [0.15, 0.2) is 0 Å². The van der Waals surface area contributed by atoms with Gasteiger partial charge >= 0.3 is 6.09 Å². The minimum atomic E-state index is -0.299. The second kappa shape index (κ2) is 6.35. The lowest BCUT2D eigenvalue weighted by Gasteiger charge is -2.30. The van der Waals surface area contributed by atoms with Gasteiger partial charge in [-0.3, -0.25) is 4.79 Å². The van der Waals surface area contributed by atoms with Crippen LogP contribution in [0.25, 0.3) is 0 Å². The number of hydrogen-bond acceptors (Lipinski definition) is 3. The number of methoxy groups -OCH3 is 1. The van der Waals surface area contributed by atoms with Crippen LogP contribution in [0.4, 0.5) is 4.79 Å². The highest BCUT2D eigenvalue weighted by molar-refractivity contribution is 5.79. The summed E-state index contributed by atoms with van der Waals surface area (Å²) in [6, 6.07) is 0. The molecule has 92 valence electrons. The molecular weight excluding hydrogens is 208 g/mol. The number of piperidine rings is 1. The zero-order valence-corrected chi connectivity index (χ0v) is 9.99. The number of nitrogens with zero attached hydrogens (tertiary/aromatic N) is 1. The highest BCUT2D eigenvalue weighted by Crippen LogP contribution is 2.17. The Morgan fingerprint density at radius 3 is 2.50 bits per heavy atom. The molecule has 16 heavy (non-hydrogen) atoms. The molecule has 1 aliphatic heterocycles. The van der Waals surface area contributed by atoms with Crippen molar-refractivity contribution in [2.45, 2.75) is 26.2 Å². The van der Waals surface area contributed by atoms with Gasteiger partial charge in [0.2, 0.25) is 5.91 Å². The Labute approximate surface area is 96.1 Å². The van der Waals surface area contributed by atoms with Crippen molar-refractivity contribution in [3.63, 3.8) is 0 Å². The maximum Gasteiger partial charge on any atom is 0.409 e. The summed E-state index contributed by atoms with van der Waals surface area (Å²) in [5.74, 6) is 0.166. The van der Waals surface area contributed by atoms with Crippen molar-refractivity contribution in [1.82, 2.24) is 10.2 Å². The maximum atomic E-state index is 11.7. The lowest BCUT2D eigenvalue weighted by Crippen LogP contribution is -2.43. The molecule has 1 rings (SSSR count). The summed E-state index contributed by atoms with van der Waals surface area (Å²) in [5.41, 5.74) is 0. The first-order valence-corrected chi connectivity index (χ1v) is 5.79. The molecule has 1 N–H and O–H groups in total. The van der Waals surface area contributed by atoms with Crippen molar-refractivity contribution in [1.29, 1.82) is 0 Å². The van der Waals surface area contributed by atoms with E-state index in [4.69, 9.17) is 0 Å². The number of carbonyl (C=O) groups excluding carboxylic acids is 2. The van der Waals surface area contributed by atoms with Crippen molar-refractivity contribution in [2.24, 2.45) is 5.92 Å². The van der Waals surface area contributed by atoms with Crippen LogP contribution >= 0.6 is 0 Å². The Bertz CT molecular complexity index is 248. The fourth-order valence-electron chi connectivity index (χ4n) is 1.85. The fourth-order valence-corrected chi connectivity index (χ4v) is 1.85. The third-order valence-electron chi connectivity index (χ3n) is 2.85. The summed E-state index contributed by atoms with van der Waals surface area (Å²) in [7, 11) is 1.38. The molecule has 0 spiro atoms. The number of amides is 2. The molecule has 1 aliphatic rings. The van der Waals surface area contributed by atoms with E-state index in [0.29, 0.717) is 13.1 Å². The van der Waals surface area contributed by atoms with E-state index in [1.807, 2.05) is 6.92 Å². The van der Waals surface area contributed by atoms with Crippen LogP contribution in [0.3, 0.4) is 0 Å². The van der Waals surface area contributed by atoms with Crippen molar-refractivity contribution in [3.8, 4) is 0 Å². The van der Waals surface area contributed by atoms with Crippen molar-refractivity contribution in [3.05, 3.63) is 0 Å². The maximum absolute atomic E-state index is 11.7. The van der Waals surface area contributed by atoms with Crippen LogP contribution in [0, 0.1) is 5.92 Å².